The molecule has 1 aromatic carbocycles. The maximum Gasteiger partial charge on any atom is 0.330 e. The van der Waals surface area contributed by atoms with Crippen LogP contribution in [-0.4, -0.2) is 24.9 Å². The summed E-state index contributed by atoms with van der Waals surface area (Å²) in [7, 11) is 1.86. The quantitative estimate of drug-likeness (QED) is 0.610. The summed E-state index contributed by atoms with van der Waals surface area (Å²) in [4.78, 5) is 12.4. The molecule has 2 rings (SSSR count). The second kappa shape index (κ2) is 5.61. The van der Waals surface area contributed by atoms with Crippen LogP contribution in [0.5, 0.6) is 0 Å². The third-order valence-corrected chi connectivity index (χ3v) is 3.54. The first-order chi connectivity index (χ1) is 9.31. The van der Waals surface area contributed by atoms with Gasteiger partial charge in [-0.05, 0) is 45.1 Å². The largest absolute Gasteiger partial charge is 0.458 e. The summed E-state index contributed by atoms with van der Waals surface area (Å²) in [5, 5.41) is 0. The highest BCUT2D eigenvalue weighted by molar-refractivity contribution is 6.26. The minimum Gasteiger partial charge on any atom is -0.458 e. The van der Waals surface area contributed by atoms with Gasteiger partial charge in [0, 0.05) is 0 Å². The van der Waals surface area contributed by atoms with Gasteiger partial charge in [-0.2, -0.15) is 0 Å². The Morgan fingerprint density at radius 1 is 1.25 bits per heavy atom. The van der Waals surface area contributed by atoms with Crippen molar-refractivity contribution in [3.63, 3.8) is 0 Å². The third-order valence-electron chi connectivity index (χ3n) is 3.54. The maximum absolute atomic E-state index is 12.4. The average Bonchev–Trinajstić information content (AvgIpc) is 3.19. The molecule has 1 aliphatic rings. The zero-order chi connectivity index (χ0) is 14.8. The molecule has 0 aromatic heterocycles. The van der Waals surface area contributed by atoms with E-state index in [0.29, 0.717) is 6.61 Å². The predicted molar refractivity (Wildman–Crippen MR) is 81.1 cm³/mol. The van der Waals surface area contributed by atoms with Crippen LogP contribution in [0.25, 0.3) is 0 Å². The summed E-state index contributed by atoms with van der Waals surface area (Å²) in [6.07, 6.45) is 2.06. The number of benzene rings is 1. The Morgan fingerprint density at radius 2 is 1.85 bits per heavy atom. The molecule has 0 aliphatic heterocycles. The zero-order valence-electron chi connectivity index (χ0n) is 12.8. The summed E-state index contributed by atoms with van der Waals surface area (Å²) in [6.45, 7) is 6.09. The topological polar surface area (TPSA) is 35.5 Å². The molecule has 0 saturated heterocycles. The van der Waals surface area contributed by atoms with Gasteiger partial charge in [0.25, 0.3) is 0 Å². The van der Waals surface area contributed by atoms with Crippen molar-refractivity contribution in [1.82, 2.24) is 0 Å². The van der Waals surface area contributed by atoms with Crippen LogP contribution in [0.4, 0.5) is 0 Å². The molecule has 20 heavy (non-hydrogen) atoms. The number of carbonyl (C=O) groups excluding carboxylic acids is 1. The van der Waals surface area contributed by atoms with E-state index in [-0.39, 0.29) is 11.9 Å². The van der Waals surface area contributed by atoms with Gasteiger partial charge in [-0.3, -0.25) is 0 Å². The highest BCUT2D eigenvalue weighted by Gasteiger charge is 2.50. The van der Waals surface area contributed by atoms with E-state index in [1.807, 2.05) is 58.9 Å². The summed E-state index contributed by atoms with van der Waals surface area (Å²) >= 11 is 0. The fourth-order valence-corrected chi connectivity index (χ4v) is 2.16. The molecule has 0 N–H and O–H groups in total. The molecule has 0 radical (unpaired) electrons. The van der Waals surface area contributed by atoms with Crippen molar-refractivity contribution in [3.8, 4) is 0 Å². The van der Waals surface area contributed by atoms with Crippen molar-refractivity contribution in [3.05, 3.63) is 35.9 Å². The number of ether oxygens (including phenoxy) is 2. The molecule has 1 fully saturated rings. The minimum absolute atomic E-state index is 0.247. The van der Waals surface area contributed by atoms with Crippen molar-refractivity contribution < 1.29 is 14.3 Å². The molecule has 1 saturated carbocycles. The molecule has 0 heterocycles. The number of carbonyl (C=O) groups is 1. The lowest BCUT2D eigenvalue weighted by Gasteiger charge is -2.32. The molecule has 108 valence electrons. The van der Waals surface area contributed by atoms with Crippen LogP contribution >= 0.6 is 0 Å². The highest BCUT2D eigenvalue weighted by Crippen LogP contribution is 2.42. The standard InChI is InChI=1S/C16H23BO3/c1-15(2,3)20-14(18)16(17,13-9-10-13)19-11-12-7-5-4-6-8-12/h4-8,13H,9-11,17H2,1-3H3. The SMILES string of the molecule is BC(OCc1ccccc1)(C(=O)OC(C)(C)C)C1CC1. The van der Waals surface area contributed by atoms with E-state index in [1.54, 1.807) is 0 Å². The Bertz CT molecular complexity index is 462. The van der Waals surface area contributed by atoms with Gasteiger partial charge in [-0.15, -0.1) is 0 Å². The Balaban J connectivity index is 2.04. The van der Waals surface area contributed by atoms with Crippen LogP contribution in [0.2, 0.25) is 0 Å². The third kappa shape index (κ3) is 3.86. The van der Waals surface area contributed by atoms with Crippen molar-refractivity contribution >= 4 is 13.8 Å². The number of esters is 1. The molecule has 1 aliphatic carbocycles. The summed E-state index contributed by atoms with van der Waals surface area (Å²) in [6, 6.07) is 9.92. The van der Waals surface area contributed by atoms with Crippen molar-refractivity contribution in [2.75, 3.05) is 0 Å². The van der Waals surface area contributed by atoms with E-state index >= 15 is 0 Å². The summed E-state index contributed by atoms with van der Waals surface area (Å²) in [5.74, 6) is 0.0319. The van der Waals surface area contributed by atoms with Crippen LogP contribution in [0.3, 0.4) is 0 Å². The first-order valence-electron chi connectivity index (χ1n) is 7.22. The van der Waals surface area contributed by atoms with Crippen molar-refractivity contribution in [2.45, 2.75) is 51.3 Å². The molecule has 3 nitrogen and oxygen atoms in total. The fourth-order valence-electron chi connectivity index (χ4n) is 2.16. The molecule has 4 heteroatoms. The predicted octanol–water partition coefficient (Wildman–Crippen LogP) is 2.28. The van der Waals surface area contributed by atoms with E-state index in [0.717, 1.165) is 18.4 Å². The molecule has 0 spiro atoms. The molecule has 1 atom stereocenters. The van der Waals surface area contributed by atoms with E-state index in [2.05, 4.69) is 0 Å². The maximum atomic E-state index is 12.4. The molecular formula is C16H23BO3. The Hall–Kier alpha value is -1.29. The van der Waals surface area contributed by atoms with E-state index in [4.69, 9.17) is 9.47 Å². The number of hydrogen-bond donors (Lipinski definition) is 0. The molecule has 0 amide bonds. The lowest BCUT2D eigenvalue weighted by Crippen LogP contribution is -2.48. The van der Waals surface area contributed by atoms with Crippen LogP contribution in [-0.2, 0) is 20.9 Å². The van der Waals surface area contributed by atoms with Crippen LogP contribution in [0.1, 0.15) is 39.2 Å². The van der Waals surface area contributed by atoms with E-state index in [9.17, 15) is 4.79 Å². The zero-order valence-corrected chi connectivity index (χ0v) is 12.8. The highest BCUT2D eigenvalue weighted by atomic mass is 16.6. The van der Waals surface area contributed by atoms with Gasteiger partial charge in [0.05, 0.1) is 6.61 Å². The summed E-state index contributed by atoms with van der Waals surface area (Å²) < 4.78 is 11.5. The van der Waals surface area contributed by atoms with Crippen LogP contribution in [0, 0.1) is 5.92 Å². The van der Waals surface area contributed by atoms with Gasteiger partial charge >= 0.3 is 5.97 Å². The number of rotatable bonds is 5. The second-order valence-corrected chi connectivity index (χ2v) is 6.66. The normalized spacial score (nSPS) is 18.4. The summed E-state index contributed by atoms with van der Waals surface area (Å²) in [5.41, 5.74) is -0.241. The van der Waals surface area contributed by atoms with Gasteiger partial charge in [0.15, 0.2) is 7.85 Å². The van der Waals surface area contributed by atoms with E-state index in [1.165, 1.54) is 0 Å². The smallest absolute Gasteiger partial charge is 0.330 e. The lowest BCUT2D eigenvalue weighted by atomic mass is 9.76. The van der Waals surface area contributed by atoms with Gasteiger partial charge in [0.2, 0.25) is 0 Å². The Labute approximate surface area is 122 Å². The number of hydrogen-bond acceptors (Lipinski definition) is 3. The van der Waals surface area contributed by atoms with Gasteiger partial charge < -0.3 is 9.47 Å². The van der Waals surface area contributed by atoms with Crippen LogP contribution in [0.15, 0.2) is 30.3 Å². The van der Waals surface area contributed by atoms with Gasteiger partial charge in [-0.25, -0.2) is 4.79 Å². The fraction of sp³-hybridized carbons (Fsp3) is 0.562. The van der Waals surface area contributed by atoms with Gasteiger partial charge in [-0.1, -0.05) is 30.3 Å². The second-order valence-electron chi connectivity index (χ2n) is 6.66. The van der Waals surface area contributed by atoms with Crippen molar-refractivity contribution in [1.29, 1.82) is 0 Å². The first kappa shape index (κ1) is 15.1. The van der Waals surface area contributed by atoms with Crippen LogP contribution < -0.4 is 0 Å². The molecule has 1 unspecified atom stereocenters. The molecule has 1 aromatic rings. The minimum atomic E-state index is -0.830. The Kier molecular flexibility index (Phi) is 4.23. The Morgan fingerprint density at radius 3 is 2.35 bits per heavy atom. The van der Waals surface area contributed by atoms with Gasteiger partial charge in [0.1, 0.15) is 11.1 Å². The lowest BCUT2D eigenvalue weighted by molar-refractivity contribution is -0.176. The monoisotopic (exact) mass is 274 g/mol. The van der Waals surface area contributed by atoms with Crippen molar-refractivity contribution in [2.24, 2.45) is 5.92 Å². The first-order valence-corrected chi connectivity index (χ1v) is 7.22. The molecule has 0 bridgehead atoms. The molecular weight excluding hydrogens is 251 g/mol. The average molecular weight is 274 g/mol. The van der Waals surface area contributed by atoms with E-state index < -0.39 is 11.1 Å².